The molecule has 0 bridgehead atoms. The van der Waals surface area contributed by atoms with Crippen molar-refractivity contribution in [3.8, 4) is 0 Å². The molecule has 0 atom stereocenters. The second kappa shape index (κ2) is 10.1. The van der Waals surface area contributed by atoms with Crippen LogP contribution in [0.25, 0.3) is 0 Å². The van der Waals surface area contributed by atoms with E-state index in [9.17, 15) is 26.0 Å². The number of rotatable bonds is 10. The standard InChI is InChI=1S/C13H18F4N2O3S.ClH/c14-12(15)13(16,17)9-22-8-10-3-1-4-11(7-10)23(20,21)19-6-2-5-18;/h1,3-4,7,12,19H,2,5-6,8-9,18H2;1H. The molecule has 0 spiro atoms. The summed E-state index contributed by atoms with van der Waals surface area (Å²) in [6.07, 6.45) is -3.36. The first-order valence-corrected chi connectivity index (χ1v) is 8.20. The van der Waals surface area contributed by atoms with Crippen molar-refractivity contribution in [2.24, 2.45) is 5.73 Å². The molecule has 24 heavy (non-hydrogen) atoms. The van der Waals surface area contributed by atoms with Crippen molar-refractivity contribution in [3.05, 3.63) is 29.8 Å². The van der Waals surface area contributed by atoms with E-state index in [4.69, 9.17) is 5.73 Å². The molecule has 0 fully saturated rings. The van der Waals surface area contributed by atoms with E-state index in [1.807, 2.05) is 0 Å². The van der Waals surface area contributed by atoms with Crippen LogP contribution in [0.3, 0.4) is 0 Å². The molecule has 0 aliphatic carbocycles. The minimum Gasteiger partial charge on any atom is -0.370 e. The molecule has 0 aliphatic heterocycles. The predicted octanol–water partition coefficient (Wildman–Crippen LogP) is 2.15. The highest BCUT2D eigenvalue weighted by Gasteiger charge is 2.40. The van der Waals surface area contributed by atoms with Crippen molar-refractivity contribution >= 4 is 22.4 Å². The number of halogens is 5. The summed E-state index contributed by atoms with van der Waals surface area (Å²) in [5, 5.41) is 0. The third-order valence-electron chi connectivity index (χ3n) is 2.76. The lowest BCUT2D eigenvalue weighted by Gasteiger charge is -2.15. The molecule has 0 aromatic heterocycles. The van der Waals surface area contributed by atoms with E-state index < -0.39 is 35.6 Å². The number of nitrogens with one attached hydrogen (secondary N) is 1. The lowest BCUT2D eigenvalue weighted by Crippen LogP contribution is -2.32. The number of nitrogens with two attached hydrogens (primary N) is 1. The number of hydrogen-bond acceptors (Lipinski definition) is 4. The number of sulfonamides is 1. The molecule has 1 aromatic rings. The van der Waals surface area contributed by atoms with Gasteiger partial charge in [-0.1, -0.05) is 12.1 Å². The van der Waals surface area contributed by atoms with Gasteiger partial charge in [-0.3, -0.25) is 0 Å². The van der Waals surface area contributed by atoms with Crippen molar-refractivity contribution in [3.63, 3.8) is 0 Å². The Morgan fingerprint density at radius 3 is 2.54 bits per heavy atom. The summed E-state index contributed by atoms with van der Waals surface area (Å²) in [4.78, 5) is -0.0729. The zero-order chi connectivity index (χ0) is 17.5. The summed E-state index contributed by atoms with van der Waals surface area (Å²) in [6, 6.07) is 5.40. The minimum atomic E-state index is -4.24. The summed E-state index contributed by atoms with van der Waals surface area (Å²) in [7, 11) is -3.75. The van der Waals surface area contributed by atoms with Crippen LogP contribution in [0.4, 0.5) is 17.6 Å². The Hall–Kier alpha value is -0.940. The molecule has 0 amide bonds. The maximum atomic E-state index is 12.7. The fourth-order valence-electron chi connectivity index (χ4n) is 1.56. The molecule has 1 aromatic carbocycles. The largest absolute Gasteiger partial charge is 0.370 e. The topological polar surface area (TPSA) is 81.4 Å². The smallest absolute Gasteiger partial charge is 0.330 e. The third kappa shape index (κ3) is 7.31. The predicted molar refractivity (Wildman–Crippen MR) is 83.2 cm³/mol. The molecule has 0 aliphatic rings. The Kier molecular flexibility index (Phi) is 9.74. The average molecular weight is 395 g/mol. The van der Waals surface area contributed by atoms with Gasteiger partial charge in [0.15, 0.2) is 0 Å². The van der Waals surface area contributed by atoms with E-state index in [0.29, 0.717) is 13.0 Å². The lowest BCUT2D eigenvalue weighted by molar-refractivity contribution is -0.168. The molecular formula is C13H19ClF4N2O3S. The molecule has 0 radical (unpaired) electrons. The normalized spacial score (nSPS) is 12.2. The summed E-state index contributed by atoms with van der Waals surface area (Å²) in [5.41, 5.74) is 5.54. The highest BCUT2D eigenvalue weighted by molar-refractivity contribution is 7.89. The Bertz CT molecular complexity index is 603. The fraction of sp³-hybridized carbons (Fsp3) is 0.538. The molecular weight excluding hydrogens is 376 g/mol. The Labute approximate surface area is 144 Å². The highest BCUT2D eigenvalue weighted by Crippen LogP contribution is 2.23. The van der Waals surface area contributed by atoms with Gasteiger partial charge in [0.25, 0.3) is 0 Å². The Morgan fingerprint density at radius 2 is 1.96 bits per heavy atom. The number of alkyl halides is 4. The van der Waals surface area contributed by atoms with Crippen molar-refractivity contribution in [1.29, 1.82) is 0 Å². The molecule has 0 heterocycles. The maximum Gasteiger partial charge on any atom is 0.330 e. The van der Waals surface area contributed by atoms with Crippen molar-refractivity contribution < 1.29 is 30.7 Å². The molecule has 5 nitrogen and oxygen atoms in total. The highest BCUT2D eigenvalue weighted by atomic mass is 35.5. The van der Waals surface area contributed by atoms with E-state index in [-0.39, 0.29) is 29.4 Å². The Balaban J connectivity index is 0.00000529. The molecule has 140 valence electrons. The van der Waals surface area contributed by atoms with Gasteiger partial charge in [0, 0.05) is 6.54 Å². The Morgan fingerprint density at radius 1 is 1.29 bits per heavy atom. The molecule has 11 heteroatoms. The summed E-state index contributed by atoms with van der Waals surface area (Å²) >= 11 is 0. The van der Waals surface area contributed by atoms with Gasteiger partial charge in [-0.2, -0.15) is 8.78 Å². The van der Waals surface area contributed by atoms with Crippen LogP contribution < -0.4 is 10.5 Å². The van der Waals surface area contributed by atoms with Crippen molar-refractivity contribution in [2.75, 3.05) is 19.7 Å². The van der Waals surface area contributed by atoms with E-state index in [0.717, 1.165) is 0 Å². The van der Waals surface area contributed by atoms with Crippen LogP contribution in [0.1, 0.15) is 12.0 Å². The van der Waals surface area contributed by atoms with Gasteiger partial charge in [0.2, 0.25) is 10.0 Å². The first kappa shape index (κ1) is 23.1. The fourth-order valence-corrected chi connectivity index (χ4v) is 2.71. The van der Waals surface area contributed by atoms with Crippen LogP contribution in [0.15, 0.2) is 29.2 Å². The van der Waals surface area contributed by atoms with Gasteiger partial charge in [-0.15, -0.1) is 12.4 Å². The van der Waals surface area contributed by atoms with E-state index >= 15 is 0 Å². The van der Waals surface area contributed by atoms with Crippen molar-refractivity contribution in [2.45, 2.75) is 30.3 Å². The van der Waals surface area contributed by atoms with Gasteiger partial charge in [0.1, 0.15) is 6.61 Å². The zero-order valence-electron chi connectivity index (χ0n) is 12.6. The number of ether oxygens (including phenoxy) is 1. The monoisotopic (exact) mass is 394 g/mol. The van der Waals surface area contributed by atoms with Gasteiger partial charge < -0.3 is 10.5 Å². The van der Waals surface area contributed by atoms with Crippen LogP contribution in [-0.4, -0.2) is 40.5 Å². The molecule has 1 rings (SSSR count). The zero-order valence-corrected chi connectivity index (χ0v) is 14.2. The van der Waals surface area contributed by atoms with E-state index in [2.05, 4.69) is 9.46 Å². The summed E-state index contributed by atoms with van der Waals surface area (Å²) < 4.78 is 80.2. The maximum absolute atomic E-state index is 12.7. The molecule has 0 saturated carbocycles. The summed E-state index contributed by atoms with van der Waals surface area (Å²) in [6.45, 7) is -1.36. The molecule has 0 saturated heterocycles. The second-order valence-electron chi connectivity index (χ2n) is 4.74. The van der Waals surface area contributed by atoms with Crippen LogP contribution >= 0.6 is 12.4 Å². The average Bonchev–Trinajstić information content (AvgIpc) is 2.47. The first-order chi connectivity index (χ1) is 10.7. The third-order valence-corrected chi connectivity index (χ3v) is 4.22. The van der Waals surface area contributed by atoms with E-state index in [1.165, 1.54) is 24.3 Å². The van der Waals surface area contributed by atoms with Gasteiger partial charge >= 0.3 is 12.3 Å². The second-order valence-corrected chi connectivity index (χ2v) is 6.51. The van der Waals surface area contributed by atoms with E-state index in [1.54, 1.807) is 0 Å². The quantitative estimate of drug-likeness (QED) is 0.470. The molecule has 3 N–H and O–H groups in total. The minimum absolute atomic E-state index is 0. The van der Waals surface area contributed by atoms with Crippen LogP contribution in [0.5, 0.6) is 0 Å². The summed E-state index contributed by atoms with van der Waals surface area (Å²) in [5.74, 6) is -4.24. The van der Waals surface area contributed by atoms with Crippen LogP contribution in [0, 0.1) is 0 Å². The number of benzene rings is 1. The van der Waals surface area contributed by atoms with Gasteiger partial charge in [-0.05, 0) is 30.7 Å². The van der Waals surface area contributed by atoms with Crippen molar-refractivity contribution in [1.82, 2.24) is 4.72 Å². The van der Waals surface area contributed by atoms with Gasteiger partial charge in [0.05, 0.1) is 11.5 Å². The molecule has 0 unspecified atom stereocenters. The van der Waals surface area contributed by atoms with Crippen LogP contribution in [0.2, 0.25) is 0 Å². The van der Waals surface area contributed by atoms with Crippen LogP contribution in [-0.2, 0) is 21.4 Å². The van der Waals surface area contributed by atoms with Gasteiger partial charge in [-0.25, -0.2) is 21.9 Å². The SMILES string of the molecule is Cl.NCCCNS(=O)(=O)c1cccc(COCC(F)(F)C(F)F)c1. The lowest BCUT2D eigenvalue weighted by atomic mass is 10.2. The first-order valence-electron chi connectivity index (χ1n) is 6.71. The number of hydrogen-bond donors (Lipinski definition) is 2.